The van der Waals surface area contributed by atoms with Crippen LogP contribution in [0.3, 0.4) is 0 Å². The third kappa shape index (κ3) is 3.03. The zero-order chi connectivity index (χ0) is 26.1. The first-order chi connectivity index (χ1) is 18.4. The van der Waals surface area contributed by atoms with E-state index in [9.17, 15) is 24.5 Å². The summed E-state index contributed by atoms with van der Waals surface area (Å²) >= 11 is 0. The second-order valence-corrected chi connectivity index (χ2v) is 9.55. The summed E-state index contributed by atoms with van der Waals surface area (Å²) in [7, 11) is 0. The molecule has 0 bridgehead atoms. The molecule has 0 radical (unpaired) electrons. The van der Waals surface area contributed by atoms with Crippen molar-refractivity contribution >= 4 is 35.0 Å². The Morgan fingerprint density at radius 2 is 1.71 bits per heavy atom. The fraction of sp³-hybridized carbons (Fsp3) is 0.179. The van der Waals surface area contributed by atoms with Gasteiger partial charge in [0, 0.05) is 30.0 Å². The van der Waals surface area contributed by atoms with Crippen molar-refractivity contribution in [1.29, 1.82) is 0 Å². The van der Waals surface area contributed by atoms with Crippen LogP contribution in [0.5, 0.6) is 11.5 Å². The number of amides is 2. The van der Waals surface area contributed by atoms with Crippen molar-refractivity contribution in [3.05, 3.63) is 99.7 Å². The van der Waals surface area contributed by atoms with Crippen molar-refractivity contribution in [1.82, 2.24) is 4.90 Å². The van der Waals surface area contributed by atoms with Crippen LogP contribution < -0.4 is 14.4 Å². The second-order valence-electron chi connectivity index (χ2n) is 9.55. The molecule has 4 unspecified atom stereocenters. The smallest absolute Gasteiger partial charge is 0.270 e. The van der Waals surface area contributed by atoms with Gasteiger partial charge in [0.2, 0.25) is 18.6 Å². The van der Waals surface area contributed by atoms with Gasteiger partial charge in [0.25, 0.3) is 5.69 Å². The van der Waals surface area contributed by atoms with Gasteiger partial charge in [0.1, 0.15) is 6.04 Å². The number of rotatable bonds is 4. The maximum Gasteiger partial charge on any atom is 0.270 e. The summed E-state index contributed by atoms with van der Waals surface area (Å²) in [5.41, 5.74) is 1.96. The largest absolute Gasteiger partial charge is 0.454 e. The van der Waals surface area contributed by atoms with E-state index in [4.69, 9.17) is 9.47 Å². The summed E-state index contributed by atoms with van der Waals surface area (Å²) in [6, 6.07) is 16.3. The highest BCUT2D eigenvalue weighted by Crippen LogP contribution is 2.54. The first-order valence-electron chi connectivity index (χ1n) is 12.0. The highest BCUT2D eigenvalue weighted by molar-refractivity contribution is 6.24. The van der Waals surface area contributed by atoms with E-state index in [2.05, 4.69) is 0 Å². The van der Waals surface area contributed by atoms with Crippen LogP contribution in [0.25, 0.3) is 6.08 Å². The van der Waals surface area contributed by atoms with Gasteiger partial charge in [-0.2, -0.15) is 0 Å². The van der Waals surface area contributed by atoms with E-state index in [1.807, 2.05) is 30.3 Å². The highest BCUT2D eigenvalue weighted by atomic mass is 16.7. The molecule has 38 heavy (non-hydrogen) atoms. The van der Waals surface area contributed by atoms with Gasteiger partial charge >= 0.3 is 0 Å². The number of carbonyl (C=O) groups is 3. The topological polar surface area (TPSA) is 119 Å². The van der Waals surface area contributed by atoms with Crippen molar-refractivity contribution in [2.75, 3.05) is 11.7 Å². The Morgan fingerprint density at radius 1 is 0.921 bits per heavy atom. The molecule has 10 heteroatoms. The molecule has 4 heterocycles. The summed E-state index contributed by atoms with van der Waals surface area (Å²) in [5, 5.41) is 11.4. The second kappa shape index (κ2) is 8.01. The number of nitrogens with zero attached hydrogens (tertiary/aromatic N) is 3. The molecule has 2 saturated heterocycles. The quantitative estimate of drug-likeness (QED) is 0.226. The number of nitro groups is 1. The summed E-state index contributed by atoms with van der Waals surface area (Å²) < 4.78 is 10.8. The lowest BCUT2D eigenvalue weighted by molar-refractivity contribution is -0.384. The molecular weight excluding hydrogens is 490 g/mol. The molecule has 2 fully saturated rings. The first kappa shape index (κ1) is 22.2. The number of anilines is 1. The zero-order valence-electron chi connectivity index (χ0n) is 19.7. The molecule has 4 aliphatic rings. The lowest BCUT2D eigenvalue weighted by Crippen LogP contribution is -2.44. The van der Waals surface area contributed by atoms with Crippen molar-refractivity contribution < 1.29 is 28.8 Å². The van der Waals surface area contributed by atoms with Gasteiger partial charge in [0.05, 0.1) is 28.5 Å². The third-order valence-corrected chi connectivity index (χ3v) is 7.69. The molecule has 4 atom stereocenters. The van der Waals surface area contributed by atoms with E-state index in [1.165, 1.54) is 24.3 Å². The van der Waals surface area contributed by atoms with Gasteiger partial charge in [-0.3, -0.25) is 24.5 Å². The summed E-state index contributed by atoms with van der Waals surface area (Å²) in [4.78, 5) is 55.6. The zero-order valence-corrected chi connectivity index (χ0v) is 19.7. The van der Waals surface area contributed by atoms with E-state index < -0.39 is 46.4 Å². The Morgan fingerprint density at radius 3 is 2.55 bits per heavy atom. The van der Waals surface area contributed by atoms with Crippen molar-refractivity contribution in [3.63, 3.8) is 0 Å². The lowest BCUT2D eigenvalue weighted by Gasteiger charge is -2.35. The molecule has 3 aromatic carbocycles. The maximum absolute atomic E-state index is 14.0. The minimum Gasteiger partial charge on any atom is -0.454 e. The number of non-ortho nitro benzene ring substituents is 1. The molecule has 0 aromatic heterocycles. The first-order valence-corrected chi connectivity index (χ1v) is 12.0. The number of carbonyl (C=O) groups excluding carboxylic acids is 3. The Kier molecular flexibility index (Phi) is 4.68. The fourth-order valence-electron chi connectivity index (χ4n) is 6.08. The number of nitro benzene ring substituents is 1. The Labute approximate surface area is 215 Å². The summed E-state index contributed by atoms with van der Waals surface area (Å²) in [5.74, 6) is -2.23. The minimum absolute atomic E-state index is 0.0475. The molecule has 7 rings (SSSR count). The van der Waals surface area contributed by atoms with Crippen LogP contribution in [0.2, 0.25) is 0 Å². The van der Waals surface area contributed by atoms with Gasteiger partial charge in [-0.25, -0.2) is 4.90 Å². The predicted molar refractivity (Wildman–Crippen MR) is 133 cm³/mol. The Bertz CT molecular complexity index is 1600. The molecule has 2 amide bonds. The molecule has 4 aliphatic heterocycles. The number of benzene rings is 3. The van der Waals surface area contributed by atoms with E-state index in [1.54, 1.807) is 29.3 Å². The number of imide groups is 1. The van der Waals surface area contributed by atoms with Crippen molar-refractivity contribution in [3.8, 4) is 11.5 Å². The molecule has 0 aliphatic carbocycles. The Balaban J connectivity index is 1.35. The number of ketones is 1. The van der Waals surface area contributed by atoms with E-state index in [0.29, 0.717) is 17.2 Å². The van der Waals surface area contributed by atoms with Crippen LogP contribution in [0.4, 0.5) is 11.4 Å². The third-order valence-electron chi connectivity index (χ3n) is 7.69. The predicted octanol–water partition coefficient (Wildman–Crippen LogP) is 3.72. The molecular formula is C28H19N3O7. The molecule has 188 valence electrons. The van der Waals surface area contributed by atoms with Crippen LogP contribution in [-0.2, 0) is 9.59 Å². The van der Waals surface area contributed by atoms with Gasteiger partial charge in [-0.15, -0.1) is 0 Å². The van der Waals surface area contributed by atoms with Crippen molar-refractivity contribution in [2.24, 2.45) is 11.8 Å². The molecule has 0 spiro atoms. The van der Waals surface area contributed by atoms with E-state index in [0.717, 1.165) is 16.0 Å². The van der Waals surface area contributed by atoms with Gasteiger partial charge < -0.3 is 14.4 Å². The monoisotopic (exact) mass is 509 g/mol. The number of hydrogen-bond donors (Lipinski definition) is 0. The number of hydrogen-bond acceptors (Lipinski definition) is 8. The van der Waals surface area contributed by atoms with Crippen LogP contribution >= 0.6 is 0 Å². The summed E-state index contributed by atoms with van der Waals surface area (Å²) in [6.07, 6.45) is 3.60. The van der Waals surface area contributed by atoms with Crippen LogP contribution in [-0.4, -0.2) is 40.3 Å². The highest BCUT2D eigenvalue weighted by Gasteiger charge is 2.64. The number of ether oxygens (including phenoxy) is 2. The van der Waals surface area contributed by atoms with Crippen LogP contribution in [0.1, 0.15) is 27.5 Å². The normalized spacial score (nSPS) is 24.3. The molecule has 10 nitrogen and oxygen atoms in total. The maximum atomic E-state index is 14.0. The number of Topliss-reactive ketones (excluding diaryl/α,β-unsaturated/α-hetero) is 1. The van der Waals surface area contributed by atoms with Crippen molar-refractivity contribution in [2.45, 2.75) is 12.1 Å². The standard InChI is InChI=1S/C28H19N3O7/c32-26(16-5-3-6-18(12-16)31(35)36)25-23-22(24-19-7-2-1-4-15(19)10-11-29(24)25)27(33)30(28(23)34)17-8-9-20-21(13-17)38-14-37-20/h1-13,22-25H,14H2. The average molecular weight is 509 g/mol. The molecule has 0 N–H and O–H groups in total. The molecule has 0 saturated carbocycles. The summed E-state index contributed by atoms with van der Waals surface area (Å²) in [6.45, 7) is 0.0475. The van der Waals surface area contributed by atoms with Gasteiger partial charge in [-0.05, 0) is 29.3 Å². The van der Waals surface area contributed by atoms with E-state index in [-0.39, 0.29) is 18.0 Å². The molecule has 3 aromatic rings. The van der Waals surface area contributed by atoms with Gasteiger partial charge in [0.15, 0.2) is 17.3 Å². The van der Waals surface area contributed by atoms with Crippen LogP contribution in [0.15, 0.2) is 72.9 Å². The lowest BCUT2D eigenvalue weighted by atomic mass is 9.83. The number of fused-ring (bicyclic) bond motifs is 6. The fourth-order valence-corrected chi connectivity index (χ4v) is 6.08. The van der Waals surface area contributed by atoms with E-state index >= 15 is 0 Å². The van der Waals surface area contributed by atoms with Crippen LogP contribution in [0, 0.1) is 22.0 Å². The Hall–Kier alpha value is -4.99. The SMILES string of the molecule is O=C(c1cccc([N+](=O)[O-])c1)C1C2C(=O)N(c3ccc4c(c3)OCO4)C(=O)C2C2c3ccccc3C=CN12. The average Bonchev–Trinajstić information content (AvgIpc) is 3.61. The van der Waals surface area contributed by atoms with Gasteiger partial charge in [-0.1, -0.05) is 36.4 Å². The minimum atomic E-state index is -1.02.